The molecular weight excluding hydrogens is 670 g/mol. The molecule has 232 valence electrons. The summed E-state index contributed by atoms with van der Waals surface area (Å²) in [6.45, 7) is 1.45. The Kier molecular flexibility index (Phi) is 10.1. The Bertz CT molecular complexity index is 1860. The fourth-order valence-corrected chi connectivity index (χ4v) is 6.38. The average molecular weight is 699 g/mol. The molecule has 5 rings (SSSR count). The van der Waals surface area contributed by atoms with E-state index in [2.05, 4.69) is 26.6 Å². The Balaban J connectivity index is 1.33. The summed E-state index contributed by atoms with van der Waals surface area (Å²) in [5.74, 6) is -1.21. The van der Waals surface area contributed by atoms with Crippen molar-refractivity contribution in [2.45, 2.75) is 23.5 Å². The second-order valence-corrected chi connectivity index (χ2v) is 12.4. The molecule has 46 heavy (non-hydrogen) atoms. The molecule has 1 fully saturated rings. The zero-order valence-corrected chi connectivity index (χ0v) is 27.2. The van der Waals surface area contributed by atoms with Gasteiger partial charge in [-0.25, -0.2) is 4.90 Å². The lowest BCUT2D eigenvalue weighted by Crippen LogP contribution is -2.31. The highest BCUT2D eigenvalue weighted by molar-refractivity contribution is 9.10. The Labute approximate surface area is 278 Å². The van der Waals surface area contributed by atoms with Crippen LogP contribution in [0.4, 0.5) is 11.4 Å². The number of halogens is 1. The Morgan fingerprint density at radius 2 is 1.65 bits per heavy atom. The minimum atomic E-state index is -0.667. The van der Waals surface area contributed by atoms with Gasteiger partial charge >= 0.3 is 0 Å². The number of amides is 4. The predicted octanol–water partition coefficient (Wildman–Crippen LogP) is 6.49. The quantitative estimate of drug-likeness (QED) is 0.110. The summed E-state index contributed by atoms with van der Waals surface area (Å²) in [6, 6.07) is 27.0. The third-order valence-corrected chi connectivity index (χ3v) is 8.82. The number of thioether (sulfide) groups is 1. The highest BCUT2D eigenvalue weighted by atomic mass is 79.9. The summed E-state index contributed by atoms with van der Waals surface area (Å²) >= 11 is 4.66. The van der Waals surface area contributed by atoms with E-state index in [1.807, 2.05) is 0 Å². The summed E-state index contributed by atoms with van der Waals surface area (Å²) < 4.78 is 5.97. The number of Topliss-reactive ketones (excluding diaryl/α,β-unsaturated/α-hetero) is 1. The number of benzene rings is 4. The largest absolute Gasteiger partial charge is 0.496 e. The van der Waals surface area contributed by atoms with E-state index < -0.39 is 17.1 Å². The second-order valence-electron chi connectivity index (χ2n) is 10.2. The molecule has 2 N–H and O–H groups in total. The van der Waals surface area contributed by atoms with E-state index in [4.69, 9.17) is 4.74 Å². The molecule has 4 amide bonds. The minimum Gasteiger partial charge on any atom is -0.496 e. The minimum absolute atomic E-state index is 0.00434. The molecule has 1 heterocycles. The van der Waals surface area contributed by atoms with E-state index in [0.717, 1.165) is 4.90 Å². The number of nitrogens with zero attached hydrogens (tertiary/aromatic N) is 1. The van der Waals surface area contributed by atoms with Gasteiger partial charge in [0.2, 0.25) is 11.8 Å². The molecule has 4 aromatic rings. The van der Waals surface area contributed by atoms with Crippen molar-refractivity contribution < 1.29 is 28.7 Å². The molecule has 0 radical (unpaired) electrons. The Morgan fingerprint density at radius 1 is 0.913 bits per heavy atom. The highest BCUT2D eigenvalue weighted by Crippen LogP contribution is 2.35. The molecule has 1 aliphatic rings. The van der Waals surface area contributed by atoms with Crippen molar-refractivity contribution in [2.75, 3.05) is 17.3 Å². The number of imide groups is 1. The van der Waals surface area contributed by atoms with Crippen LogP contribution in [0.25, 0.3) is 6.08 Å². The second kappa shape index (κ2) is 14.4. The van der Waals surface area contributed by atoms with Crippen molar-refractivity contribution in [2.24, 2.45) is 0 Å². The van der Waals surface area contributed by atoms with Gasteiger partial charge in [-0.15, -0.1) is 11.8 Å². The van der Waals surface area contributed by atoms with E-state index in [1.165, 1.54) is 18.7 Å². The van der Waals surface area contributed by atoms with E-state index in [1.54, 1.807) is 110 Å². The molecule has 9 nitrogen and oxygen atoms in total. The maximum Gasteiger partial charge on any atom is 0.272 e. The number of nitrogens with one attached hydrogen (secondary N) is 2. The van der Waals surface area contributed by atoms with Crippen molar-refractivity contribution in [3.05, 3.63) is 124 Å². The number of hydrogen-bond donors (Lipinski definition) is 2. The van der Waals surface area contributed by atoms with Gasteiger partial charge in [0.25, 0.3) is 11.8 Å². The van der Waals surface area contributed by atoms with Crippen LogP contribution in [-0.2, 0) is 14.4 Å². The van der Waals surface area contributed by atoms with Gasteiger partial charge < -0.3 is 15.4 Å². The number of carbonyl (C=O) groups is 5. The summed E-state index contributed by atoms with van der Waals surface area (Å²) in [7, 11) is 1.55. The third kappa shape index (κ3) is 7.61. The highest BCUT2D eigenvalue weighted by Gasteiger charge is 2.40. The average Bonchev–Trinajstić information content (AvgIpc) is 3.32. The number of anilines is 2. The first-order valence-corrected chi connectivity index (χ1v) is 15.8. The summed E-state index contributed by atoms with van der Waals surface area (Å²) in [5.41, 5.74) is 2.36. The molecule has 0 saturated carbocycles. The first-order chi connectivity index (χ1) is 22.1. The lowest BCUT2D eigenvalue weighted by molar-refractivity contribution is -0.121. The van der Waals surface area contributed by atoms with Crippen LogP contribution in [0.5, 0.6) is 5.75 Å². The van der Waals surface area contributed by atoms with Crippen LogP contribution in [-0.4, -0.2) is 41.8 Å². The zero-order valence-electron chi connectivity index (χ0n) is 24.8. The zero-order chi connectivity index (χ0) is 32.8. The Morgan fingerprint density at radius 3 is 2.33 bits per heavy atom. The van der Waals surface area contributed by atoms with E-state index in [9.17, 15) is 24.0 Å². The first kappa shape index (κ1) is 32.4. The molecule has 1 aliphatic heterocycles. The van der Waals surface area contributed by atoms with E-state index in [-0.39, 0.29) is 29.7 Å². The fourth-order valence-electron chi connectivity index (χ4n) is 4.70. The molecule has 1 atom stereocenters. The van der Waals surface area contributed by atoms with Gasteiger partial charge in [0.15, 0.2) is 5.78 Å². The Hall–Kier alpha value is -5.00. The predicted molar refractivity (Wildman–Crippen MR) is 181 cm³/mol. The van der Waals surface area contributed by atoms with Crippen LogP contribution in [0.3, 0.4) is 0 Å². The van der Waals surface area contributed by atoms with Crippen molar-refractivity contribution in [1.82, 2.24) is 5.32 Å². The number of ketones is 1. The fraction of sp³-hybridized carbons (Fsp3) is 0.114. The van der Waals surface area contributed by atoms with Gasteiger partial charge in [-0.3, -0.25) is 24.0 Å². The number of ether oxygens (including phenoxy) is 1. The van der Waals surface area contributed by atoms with Gasteiger partial charge in [0.1, 0.15) is 11.4 Å². The molecule has 0 bridgehead atoms. The number of carbonyl (C=O) groups excluding carboxylic acids is 5. The topological polar surface area (TPSA) is 122 Å². The van der Waals surface area contributed by atoms with Crippen LogP contribution in [0.15, 0.2) is 112 Å². The molecule has 11 heteroatoms. The molecule has 0 aromatic heterocycles. The van der Waals surface area contributed by atoms with Gasteiger partial charge in [-0.05, 0) is 101 Å². The monoisotopic (exact) mass is 697 g/mol. The lowest BCUT2D eigenvalue weighted by Gasteiger charge is -2.15. The van der Waals surface area contributed by atoms with Gasteiger partial charge in [-0.2, -0.15) is 0 Å². The molecule has 0 spiro atoms. The first-order valence-electron chi connectivity index (χ1n) is 14.1. The van der Waals surface area contributed by atoms with Crippen molar-refractivity contribution in [1.29, 1.82) is 0 Å². The molecule has 0 aliphatic carbocycles. The van der Waals surface area contributed by atoms with Crippen LogP contribution in [0.2, 0.25) is 0 Å². The normalized spacial score (nSPS) is 14.6. The summed E-state index contributed by atoms with van der Waals surface area (Å²) in [4.78, 5) is 66.0. The van der Waals surface area contributed by atoms with Crippen molar-refractivity contribution in [3.8, 4) is 5.75 Å². The number of rotatable bonds is 10. The maximum absolute atomic E-state index is 13.5. The van der Waals surface area contributed by atoms with Crippen molar-refractivity contribution >= 4 is 74.6 Å². The van der Waals surface area contributed by atoms with Gasteiger partial charge in [-0.1, -0.05) is 30.3 Å². The smallest absolute Gasteiger partial charge is 0.272 e. The summed E-state index contributed by atoms with van der Waals surface area (Å²) in [5, 5.41) is 4.88. The molecular formula is C35H28BrN3O6S. The van der Waals surface area contributed by atoms with Crippen LogP contribution >= 0.6 is 27.7 Å². The van der Waals surface area contributed by atoms with Crippen LogP contribution < -0.4 is 20.3 Å². The summed E-state index contributed by atoms with van der Waals surface area (Å²) in [6.07, 6.45) is 1.56. The van der Waals surface area contributed by atoms with Crippen LogP contribution in [0.1, 0.15) is 39.6 Å². The van der Waals surface area contributed by atoms with Gasteiger partial charge in [0.05, 0.1) is 22.5 Å². The molecule has 0 unspecified atom stereocenters. The SMILES string of the molecule is COc1ccc(/C=C(\NC(=O)c2ccccc2)C(=O)Nc2cccc(S[C@@H]3CC(=O)N(c4ccc(C(C)=O)cc4)C3=O)c2)cc1Br. The van der Waals surface area contributed by atoms with E-state index >= 15 is 0 Å². The molecule has 1 saturated heterocycles. The van der Waals surface area contributed by atoms with Crippen molar-refractivity contribution in [3.63, 3.8) is 0 Å². The molecule has 4 aromatic carbocycles. The van der Waals surface area contributed by atoms with Crippen LogP contribution in [0, 0.1) is 0 Å². The standard InChI is InChI=1S/C35H28BrN3O6S/c1-21(40)23-12-14-26(15-13-23)39-32(41)20-31(35(39)44)46-27-10-6-9-25(19-27)37-34(43)29(38-33(42)24-7-4-3-5-8-24)18-22-11-16-30(45-2)28(36)17-22/h3-19,31H,20H2,1-2H3,(H,37,43)(H,38,42)/b29-18-/t31-/m1/s1. The lowest BCUT2D eigenvalue weighted by atomic mass is 10.1. The number of methoxy groups -OCH3 is 1. The third-order valence-electron chi connectivity index (χ3n) is 7.02. The van der Waals surface area contributed by atoms with Gasteiger partial charge in [0, 0.05) is 28.1 Å². The maximum atomic E-state index is 13.5. The van der Waals surface area contributed by atoms with E-state index in [0.29, 0.717) is 43.2 Å². The number of hydrogen-bond acceptors (Lipinski definition) is 7.